The van der Waals surface area contributed by atoms with E-state index in [9.17, 15) is 0 Å². The zero-order valence-corrected chi connectivity index (χ0v) is 8.54. The maximum atomic E-state index is 3.46. The number of rotatable bonds is 2. The lowest BCUT2D eigenvalue weighted by Gasteiger charge is -2.26. The van der Waals surface area contributed by atoms with Crippen molar-refractivity contribution in [1.29, 1.82) is 0 Å². The molecule has 1 aromatic rings. The summed E-state index contributed by atoms with van der Waals surface area (Å²) in [5, 5.41) is 3.28. The van der Waals surface area contributed by atoms with Gasteiger partial charge in [0.2, 0.25) is 0 Å². The minimum atomic E-state index is 0.889. The Morgan fingerprint density at radius 3 is 2.82 bits per heavy atom. The molecular weight excluding hydrogens is 222 g/mol. The van der Waals surface area contributed by atoms with Crippen LogP contribution in [0, 0.1) is 5.92 Å². The van der Waals surface area contributed by atoms with Gasteiger partial charge in [-0.2, -0.15) is 0 Å². The Labute approximate surface area is 78.9 Å². The summed E-state index contributed by atoms with van der Waals surface area (Å²) in [5.74, 6) is 0.889. The molecule has 60 valence electrons. The molecule has 0 saturated carbocycles. The number of nitrogens with one attached hydrogen (secondary N) is 1. The van der Waals surface area contributed by atoms with Gasteiger partial charge < -0.3 is 5.32 Å². The zero-order valence-electron chi connectivity index (χ0n) is 6.14. The number of thiophene rings is 1. The molecule has 1 aliphatic heterocycles. The molecule has 1 aliphatic rings. The van der Waals surface area contributed by atoms with Gasteiger partial charge >= 0.3 is 0 Å². The van der Waals surface area contributed by atoms with E-state index in [-0.39, 0.29) is 0 Å². The monoisotopic (exact) mass is 231 g/mol. The van der Waals surface area contributed by atoms with Gasteiger partial charge in [0.05, 0.1) is 3.79 Å². The molecule has 1 fully saturated rings. The molecule has 0 unspecified atom stereocenters. The van der Waals surface area contributed by atoms with Gasteiger partial charge in [0.25, 0.3) is 0 Å². The maximum absolute atomic E-state index is 3.46. The van der Waals surface area contributed by atoms with E-state index in [0.717, 1.165) is 5.92 Å². The smallest absolute Gasteiger partial charge is 0.0701 e. The van der Waals surface area contributed by atoms with Gasteiger partial charge in [-0.05, 0) is 53.5 Å². The highest BCUT2D eigenvalue weighted by molar-refractivity contribution is 9.11. The normalized spacial score (nSPS) is 18.3. The largest absolute Gasteiger partial charge is 0.316 e. The summed E-state index contributed by atoms with van der Waals surface area (Å²) >= 11 is 5.32. The first-order chi connectivity index (χ1) is 5.34. The third-order valence-electron chi connectivity index (χ3n) is 1.98. The second-order valence-electron chi connectivity index (χ2n) is 2.93. The number of hydrogen-bond acceptors (Lipinski definition) is 2. The molecule has 1 saturated heterocycles. The molecule has 3 heteroatoms. The Morgan fingerprint density at radius 2 is 2.36 bits per heavy atom. The van der Waals surface area contributed by atoms with E-state index in [1.165, 1.54) is 28.2 Å². The highest BCUT2D eigenvalue weighted by Crippen LogP contribution is 2.25. The molecule has 0 aromatic carbocycles. The lowest BCUT2D eigenvalue weighted by molar-refractivity contribution is 0.348. The summed E-state index contributed by atoms with van der Waals surface area (Å²) in [4.78, 5) is 1.50. The van der Waals surface area contributed by atoms with E-state index in [2.05, 4.69) is 33.4 Å². The summed E-state index contributed by atoms with van der Waals surface area (Å²) in [5.41, 5.74) is 0. The van der Waals surface area contributed by atoms with Gasteiger partial charge in [0.15, 0.2) is 0 Å². The van der Waals surface area contributed by atoms with E-state index < -0.39 is 0 Å². The van der Waals surface area contributed by atoms with Crippen molar-refractivity contribution in [3.05, 3.63) is 20.8 Å². The third-order valence-corrected chi connectivity index (χ3v) is 3.63. The fraction of sp³-hybridized carbons (Fsp3) is 0.500. The molecular formula is C8H10BrNS. The quantitative estimate of drug-likeness (QED) is 0.824. The first-order valence-electron chi connectivity index (χ1n) is 3.79. The highest BCUT2D eigenvalue weighted by Gasteiger charge is 2.17. The first-order valence-corrected chi connectivity index (χ1v) is 5.40. The van der Waals surface area contributed by atoms with E-state index in [0.29, 0.717) is 0 Å². The Bertz CT molecular complexity index is 242. The molecule has 0 aliphatic carbocycles. The van der Waals surface area contributed by atoms with Crippen LogP contribution in [-0.2, 0) is 6.42 Å². The molecule has 0 radical (unpaired) electrons. The van der Waals surface area contributed by atoms with Gasteiger partial charge in [-0.3, -0.25) is 0 Å². The van der Waals surface area contributed by atoms with Crippen LogP contribution in [0.15, 0.2) is 15.9 Å². The van der Waals surface area contributed by atoms with E-state index in [4.69, 9.17) is 0 Å². The van der Waals surface area contributed by atoms with Crippen molar-refractivity contribution in [2.45, 2.75) is 6.42 Å². The van der Waals surface area contributed by atoms with Crippen LogP contribution in [0.1, 0.15) is 4.88 Å². The third kappa shape index (κ3) is 1.83. The van der Waals surface area contributed by atoms with E-state index in [1.807, 2.05) is 11.3 Å². The molecule has 0 bridgehead atoms. The number of halogens is 1. The fourth-order valence-electron chi connectivity index (χ4n) is 1.24. The summed E-state index contributed by atoms with van der Waals surface area (Å²) in [7, 11) is 0. The van der Waals surface area contributed by atoms with E-state index in [1.54, 1.807) is 0 Å². The molecule has 2 heterocycles. The molecule has 0 atom stereocenters. The van der Waals surface area contributed by atoms with Crippen LogP contribution in [0.25, 0.3) is 0 Å². The maximum Gasteiger partial charge on any atom is 0.0701 e. The van der Waals surface area contributed by atoms with Crippen LogP contribution in [0.4, 0.5) is 0 Å². The molecule has 1 nitrogen and oxygen atoms in total. The topological polar surface area (TPSA) is 12.0 Å². The van der Waals surface area contributed by atoms with Crippen LogP contribution in [0.2, 0.25) is 0 Å². The Hall–Kier alpha value is 0.140. The van der Waals surface area contributed by atoms with Gasteiger partial charge in [-0.25, -0.2) is 0 Å². The van der Waals surface area contributed by atoms with Gasteiger partial charge in [0.1, 0.15) is 0 Å². The average Bonchev–Trinajstić information content (AvgIpc) is 2.27. The van der Waals surface area contributed by atoms with Crippen LogP contribution in [-0.4, -0.2) is 13.1 Å². The van der Waals surface area contributed by atoms with Crippen LogP contribution < -0.4 is 5.32 Å². The van der Waals surface area contributed by atoms with Crippen molar-refractivity contribution in [2.24, 2.45) is 5.92 Å². The van der Waals surface area contributed by atoms with Crippen molar-refractivity contribution in [1.82, 2.24) is 5.32 Å². The van der Waals surface area contributed by atoms with Crippen LogP contribution in [0.3, 0.4) is 0 Å². The standard InChI is InChI=1S/C8H10BrNS/c9-8-2-1-7(11-8)3-6-4-10-5-6/h1-2,6,10H,3-5H2. The van der Waals surface area contributed by atoms with Crippen LogP contribution in [0.5, 0.6) is 0 Å². The first kappa shape index (κ1) is 7.77. The van der Waals surface area contributed by atoms with Crippen molar-refractivity contribution in [2.75, 3.05) is 13.1 Å². The highest BCUT2D eigenvalue weighted by atomic mass is 79.9. The second kappa shape index (κ2) is 3.25. The van der Waals surface area contributed by atoms with Crippen molar-refractivity contribution in [3.63, 3.8) is 0 Å². The summed E-state index contributed by atoms with van der Waals surface area (Å²) in [6.45, 7) is 2.41. The summed E-state index contributed by atoms with van der Waals surface area (Å²) < 4.78 is 1.25. The van der Waals surface area contributed by atoms with E-state index >= 15 is 0 Å². The van der Waals surface area contributed by atoms with Gasteiger partial charge in [-0.15, -0.1) is 11.3 Å². The van der Waals surface area contributed by atoms with Crippen molar-refractivity contribution >= 4 is 27.3 Å². The van der Waals surface area contributed by atoms with Gasteiger partial charge in [-0.1, -0.05) is 0 Å². The predicted octanol–water partition coefficient (Wildman–Crippen LogP) is 2.27. The zero-order chi connectivity index (χ0) is 7.68. The second-order valence-corrected chi connectivity index (χ2v) is 5.48. The summed E-state index contributed by atoms with van der Waals surface area (Å²) in [6, 6.07) is 4.35. The molecule has 11 heavy (non-hydrogen) atoms. The Balaban J connectivity index is 1.95. The molecule has 2 rings (SSSR count). The minimum absolute atomic E-state index is 0.889. The predicted molar refractivity (Wildman–Crippen MR) is 52.1 cm³/mol. The lowest BCUT2D eigenvalue weighted by atomic mass is 9.99. The average molecular weight is 232 g/mol. The Morgan fingerprint density at radius 1 is 1.55 bits per heavy atom. The molecule has 0 amide bonds. The lowest BCUT2D eigenvalue weighted by Crippen LogP contribution is -2.42. The molecule has 1 N–H and O–H groups in total. The van der Waals surface area contributed by atoms with Crippen molar-refractivity contribution < 1.29 is 0 Å². The molecule has 1 aromatic heterocycles. The summed E-state index contributed by atoms with van der Waals surface area (Å²) in [6.07, 6.45) is 1.25. The van der Waals surface area contributed by atoms with Gasteiger partial charge in [0, 0.05) is 4.88 Å². The van der Waals surface area contributed by atoms with Crippen molar-refractivity contribution in [3.8, 4) is 0 Å². The molecule has 0 spiro atoms. The SMILES string of the molecule is Brc1ccc(CC2CNC2)s1. The fourth-order valence-corrected chi connectivity index (χ4v) is 2.84. The Kier molecular flexibility index (Phi) is 2.30. The minimum Gasteiger partial charge on any atom is -0.316 e. The number of hydrogen-bond donors (Lipinski definition) is 1. The van der Waals surface area contributed by atoms with Crippen LogP contribution >= 0.6 is 27.3 Å².